The maximum absolute atomic E-state index is 13.4. The van der Waals surface area contributed by atoms with Gasteiger partial charge in [-0.2, -0.15) is 5.10 Å². The highest BCUT2D eigenvalue weighted by Crippen LogP contribution is 2.30. The smallest absolute Gasteiger partial charge is 0.259 e. The zero-order chi connectivity index (χ0) is 22.7. The molecule has 0 saturated carbocycles. The molecule has 3 heterocycles. The van der Waals surface area contributed by atoms with Gasteiger partial charge >= 0.3 is 0 Å². The predicted octanol–water partition coefficient (Wildman–Crippen LogP) is 3.28. The number of nitrogens with one attached hydrogen (secondary N) is 2. The van der Waals surface area contributed by atoms with E-state index in [1.807, 2.05) is 23.7 Å². The SMILES string of the molecule is CCn1ncc2c(NC3CCOCC3)c(C(=O)Nc3ccccc3N(C)C(C)=O)cnc21. The summed E-state index contributed by atoms with van der Waals surface area (Å²) in [4.78, 5) is 31.3. The molecule has 1 saturated heterocycles. The number of para-hydroxylation sites is 2. The van der Waals surface area contributed by atoms with Crippen molar-refractivity contribution >= 4 is 39.9 Å². The fourth-order valence-corrected chi connectivity index (χ4v) is 3.86. The largest absolute Gasteiger partial charge is 0.381 e. The summed E-state index contributed by atoms with van der Waals surface area (Å²) >= 11 is 0. The van der Waals surface area contributed by atoms with Gasteiger partial charge in [0.1, 0.15) is 0 Å². The van der Waals surface area contributed by atoms with Crippen LogP contribution in [0.3, 0.4) is 0 Å². The molecule has 2 N–H and O–H groups in total. The molecule has 1 aromatic carbocycles. The Kier molecular flexibility index (Phi) is 6.36. The van der Waals surface area contributed by atoms with Gasteiger partial charge in [0.2, 0.25) is 5.91 Å². The van der Waals surface area contributed by atoms with Crippen molar-refractivity contribution in [2.24, 2.45) is 0 Å². The molecule has 1 aliphatic heterocycles. The van der Waals surface area contributed by atoms with E-state index in [4.69, 9.17) is 4.74 Å². The first-order valence-corrected chi connectivity index (χ1v) is 10.8. The number of nitrogens with zero attached hydrogens (tertiary/aromatic N) is 4. The monoisotopic (exact) mass is 436 g/mol. The molecule has 4 rings (SSSR count). The van der Waals surface area contributed by atoms with Crippen LogP contribution < -0.4 is 15.5 Å². The summed E-state index contributed by atoms with van der Waals surface area (Å²) in [7, 11) is 1.68. The molecule has 2 aromatic heterocycles. The molecule has 1 fully saturated rings. The van der Waals surface area contributed by atoms with Gasteiger partial charge in [-0.1, -0.05) is 12.1 Å². The van der Waals surface area contributed by atoms with Crippen LogP contribution in [0, 0.1) is 0 Å². The summed E-state index contributed by atoms with van der Waals surface area (Å²) in [5, 5.41) is 11.7. The van der Waals surface area contributed by atoms with Crippen LogP contribution in [0.4, 0.5) is 17.1 Å². The molecular formula is C23H28N6O3. The van der Waals surface area contributed by atoms with Crippen molar-refractivity contribution < 1.29 is 14.3 Å². The van der Waals surface area contributed by atoms with Gasteiger partial charge in [-0.25, -0.2) is 9.67 Å². The lowest BCUT2D eigenvalue weighted by atomic mass is 10.1. The third-order valence-corrected chi connectivity index (χ3v) is 5.77. The Bertz CT molecular complexity index is 1140. The standard InChI is InChI=1S/C23H28N6O3/c1-4-29-22-17(14-25-29)21(26-16-9-11-32-12-10-16)18(13-24-22)23(31)27-19-7-5-6-8-20(19)28(3)15(2)30/h5-8,13-14,16H,4,9-12H2,1-3H3,(H,24,26)(H,27,31). The second-order valence-corrected chi connectivity index (χ2v) is 7.82. The Hall–Kier alpha value is -3.46. The number of amides is 2. The average Bonchev–Trinajstić information content (AvgIpc) is 3.23. The van der Waals surface area contributed by atoms with Crippen LogP contribution in [-0.2, 0) is 16.1 Å². The van der Waals surface area contributed by atoms with Gasteiger partial charge in [-0.05, 0) is 31.9 Å². The molecule has 0 bridgehead atoms. The Morgan fingerprint density at radius 1 is 1.22 bits per heavy atom. The summed E-state index contributed by atoms with van der Waals surface area (Å²) in [5.41, 5.74) is 3.06. The first-order valence-electron chi connectivity index (χ1n) is 10.8. The maximum Gasteiger partial charge on any atom is 0.259 e. The van der Waals surface area contributed by atoms with Gasteiger partial charge in [-0.3, -0.25) is 9.59 Å². The Morgan fingerprint density at radius 3 is 2.69 bits per heavy atom. The second-order valence-electron chi connectivity index (χ2n) is 7.82. The molecule has 1 aliphatic rings. The highest BCUT2D eigenvalue weighted by molar-refractivity contribution is 6.13. The van der Waals surface area contributed by atoms with Gasteiger partial charge in [0.05, 0.1) is 34.2 Å². The molecule has 0 spiro atoms. The third kappa shape index (κ3) is 4.29. The number of hydrogen-bond acceptors (Lipinski definition) is 6. The van der Waals surface area contributed by atoms with Gasteiger partial charge in [0.15, 0.2) is 5.65 Å². The van der Waals surface area contributed by atoms with Gasteiger partial charge < -0.3 is 20.3 Å². The van der Waals surface area contributed by atoms with Crippen molar-refractivity contribution in [3.8, 4) is 0 Å². The number of fused-ring (bicyclic) bond motifs is 1. The van der Waals surface area contributed by atoms with E-state index in [0.717, 1.165) is 29.6 Å². The van der Waals surface area contributed by atoms with Crippen LogP contribution in [0.2, 0.25) is 0 Å². The first kappa shape index (κ1) is 21.8. The minimum Gasteiger partial charge on any atom is -0.381 e. The van der Waals surface area contributed by atoms with Gasteiger partial charge in [-0.15, -0.1) is 0 Å². The average molecular weight is 437 g/mol. The Labute approximate surface area is 186 Å². The number of pyridine rings is 1. The fraction of sp³-hybridized carbons (Fsp3) is 0.391. The number of aryl methyl sites for hydroxylation is 1. The predicted molar refractivity (Wildman–Crippen MR) is 124 cm³/mol. The highest BCUT2D eigenvalue weighted by Gasteiger charge is 2.23. The second kappa shape index (κ2) is 9.35. The third-order valence-electron chi connectivity index (χ3n) is 5.77. The number of ether oxygens (including phenoxy) is 1. The summed E-state index contributed by atoms with van der Waals surface area (Å²) in [6, 6.07) is 7.42. The van der Waals surface area contributed by atoms with Crippen molar-refractivity contribution in [3.05, 3.63) is 42.2 Å². The molecule has 0 unspecified atom stereocenters. The zero-order valence-corrected chi connectivity index (χ0v) is 18.6. The summed E-state index contributed by atoms with van der Waals surface area (Å²) in [5.74, 6) is -0.425. The van der Waals surface area contributed by atoms with Crippen molar-refractivity contribution in [2.75, 3.05) is 35.8 Å². The number of carbonyl (C=O) groups is 2. The molecule has 0 aliphatic carbocycles. The van der Waals surface area contributed by atoms with Crippen molar-refractivity contribution in [1.29, 1.82) is 0 Å². The number of aromatic nitrogens is 3. The lowest BCUT2D eigenvalue weighted by Gasteiger charge is -2.25. The normalized spacial score (nSPS) is 14.3. The zero-order valence-electron chi connectivity index (χ0n) is 18.6. The molecule has 9 heteroatoms. The lowest BCUT2D eigenvalue weighted by molar-refractivity contribution is -0.116. The molecule has 32 heavy (non-hydrogen) atoms. The summed E-state index contributed by atoms with van der Waals surface area (Å²) < 4.78 is 7.29. The maximum atomic E-state index is 13.4. The number of benzene rings is 1. The van der Waals surface area contributed by atoms with Crippen molar-refractivity contribution in [2.45, 2.75) is 39.3 Å². The molecule has 168 valence electrons. The van der Waals surface area contributed by atoms with E-state index in [0.29, 0.717) is 36.7 Å². The topological polar surface area (TPSA) is 101 Å². The molecule has 0 radical (unpaired) electrons. The van der Waals surface area contributed by atoms with Crippen LogP contribution in [0.1, 0.15) is 37.0 Å². The molecule has 0 atom stereocenters. The van der Waals surface area contributed by atoms with Crippen molar-refractivity contribution in [1.82, 2.24) is 14.8 Å². The summed E-state index contributed by atoms with van der Waals surface area (Å²) in [6.07, 6.45) is 5.06. The quantitative estimate of drug-likeness (QED) is 0.615. The van der Waals surface area contributed by atoms with E-state index in [9.17, 15) is 9.59 Å². The van der Waals surface area contributed by atoms with Crippen LogP contribution in [0.15, 0.2) is 36.7 Å². The van der Waals surface area contributed by atoms with Gasteiger partial charge in [0, 0.05) is 46.0 Å². The molecular weight excluding hydrogens is 408 g/mol. The fourth-order valence-electron chi connectivity index (χ4n) is 3.86. The number of rotatable bonds is 6. The van der Waals surface area contributed by atoms with Gasteiger partial charge in [0.25, 0.3) is 5.91 Å². The number of carbonyl (C=O) groups excluding carboxylic acids is 2. The summed E-state index contributed by atoms with van der Waals surface area (Å²) in [6.45, 7) is 5.54. The molecule has 9 nitrogen and oxygen atoms in total. The number of anilines is 3. The first-order chi connectivity index (χ1) is 15.5. The van der Waals surface area contributed by atoms with Crippen molar-refractivity contribution in [3.63, 3.8) is 0 Å². The minimum atomic E-state index is -0.303. The van der Waals surface area contributed by atoms with E-state index < -0.39 is 0 Å². The van der Waals surface area contributed by atoms with Crippen LogP contribution >= 0.6 is 0 Å². The Balaban J connectivity index is 1.71. The number of hydrogen-bond donors (Lipinski definition) is 2. The molecule has 3 aromatic rings. The van der Waals surface area contributed by atoms with E-state index in [1.165, 1.54) is 11.8 Å². The molecule has 2 amide bonds. The minimum absolute atomic E-state index is 0.122. The van der Waals surface area contributed by atoms with E-state index in [2.05, 4.69) is 20.7 Å². The van der Waals surface area contributed by atoms with E-state index >= 15 is 0 Å². The van der Waals surface area contributed by atoms with Crippen LogP contribution in [-0.4, -0.2) is 52.9 Å². The van der Waals surface area contributed by atoms with E-state index in [1.54, 1.807) is 31.6 Å². The van der Waals surface area contributed by atoms with Crippen LogP contribution in [0.25, 0.3) is 11.0 Å². The lowest BCUT2D eigenvalue weighted by Crippen LogP contribution is -2.29. The van der Waals surface area contributed by atoms with Crippen LogP contribution in [0.5, 0.6) is 0 Å². The highest BCUT2D eigenvalue weighted by atomic mass is 16.5. The van der Waals surface area contributed by atoms with E-state index in [-0.39, 0.29) is 17.9 Å². The Morgan fingerprint density at radius 2 is 1.97 bits per heavy atom.